The number of hydrogen-bond donors (Lipinski definition) is 2. The number of carboxylic acids is 1. The number of nitrogens with zero attached hydrogens (tertiary/aromatic N) is 4. The van der Waals surface area contributed by atoms with Gasteiger partial charge in [0, 0.05) is 42.9 Å². The molecule has 0 atom stereocenters. The summed E-state index contributed by atoms with van der Waals surface area (Å²) in [5.74, 6) is -0.754. The third-order valence-electron chi connectivity index (χ3n) is 4.47. The number of aryl methyl sites for hydroxylation is 2. The summed E-state index contributed by atoms with van der Waals surface area (Å²) in [7, 11) is 0. The lowest BCUT2D eigenvalue weighted by atomic mass is 10.0. The molecule has 4 aromatic rings. The van der Waals surface area contributed by atoms with Gasteiger partial charge in [0.2, 0.25) is 5.88 Å². The fraction of sp³-hybridized carbons (Fsp3) is 0.182. The van der Waals surface area contributed by atoms with Crippen LogP contribution >= 0.6 is 0 Å². The molecule has 0 aliphatic heterocycles. The summed E-state index contributed by atoms with van der Waals surface area (Å²) in [5.41, 5.74) is 6.67. The maximum absolute atomic E-state index is 10.4. The SMILES string of the molecule is CC(=O)O.Cc1ccccc1Cc1c(C)nn2c(O)cc(-c3ccncc3)nc12. The standard InChI is InChI=1S/C20H18N4O.C2H4O2/c1-13-5-3-4-6-16(13)11-17-14(2)23-24-19(25)12-18(22-20(17)24)15-7-9-21-10-8-15;1-2(3)4/h3-10,12,25H,11H2,1-2H3;1H3,(H,3,4). The number of aromatic nitrogens is 4. The van der Waals surface area contributed by atoms with Crippen LogP contribution in [0, 0.1) is 13.8 Å². The van der Waals surface area contributed by atoms with Crippen molar-refractivity contribution in [3.8, 4) is 17.1 Å². The zero-order valence-corrected chi connectivity index (χ0v) is 16.5. The second kappa shape index (κ2) is 8.52. The molecule has 0 fully saturated rings. The van der Waals surface area contributed by atoms with Crippen LogP contribution in [-0.4, -0.2) is 35.8 Å². The van der Waals surface area contributed by atoms with E-state index in [4.69, 9.17) is 14.9 Å². The summed E-state index contributed by atoms with van der Waals surface area (Å²) in [6, 6.07) is 13.7. The Kier molecular flexibility index (Phi) is 5.87. The first kappa shape index (κ1) is 20.0. The van der Waals surface area contributed by atoms with E-state index < -0.39 is 5.97 Å². The number of pyridine rings is 1. The van der Waals surface area contributed by atoms with E-state index in [1.54, 1.807) is 18.5 Å². The third kappa shape index (κ3) is 4.57. The third-order valence-corrected chi connectivity index (χ3v) is 4.47. The molecule has 0 aliphatic carbocycles. The average Bonchev–Trinajstić information content (AvgIpc) is 3.00. The van der Waals surface area contributed by atoms with Crippen molar-refractivity contribution < 1.29 is 15.0 Å². The van der Waals surface area contributed by atoms with E-state index in [0.29, 0.717) is 11.3 Å². The van der Waals surface area contributed by atoms with Crippen molar-refractivity contribution in [1.29, 1.82) is 0 Å². The number of aromatic hydroxyl groups is 1. The smallest absolute Gasteiger partial charge is 0.300 e. The Morgan fingerprint density at radius 1 is 1.10 bits per heavy atom. The second-order valence-electron chi connectivity index (χ2n) is 6.66. The summed E-state index contributed by atoms with van der Waals surface area (Å²) in [6.45, 7) is 5.14. The monoisotopic (exact) mass is 390 g/mol. The quantitative estimate of drug-likeness (QED) is 0.552. The molecule has 3 aromatic heterocycles. The van der Waals surface area contributed by atoms with E-state index in [0.717, 1.165) is 30.2 Å². The molecule has 2 N–H and O–H groups in total. The maximum atomic E-state index is 10.4. The Morgan fingerprint density at radius 2 is 1.76 bits per heavy atom. The Bertz CT molecular complexity index is 1150. The lowest BCUT2D eigenvalue weighted by molar-refractivity contribution is -0.134. The summed E-state index contributed by atoms with van der Waals surface area (Å²) in [4.78, 5) is 17.8. The van der Waals surface area contributed by atoms with E-state index in [1.807, 2.05) is 31.2 Å². The Morgan fingerprint density at radius 3 is 2.41 bits per heavy atom. The van der Waals surface area contributed by atoms with Crippen LogP contribution in [0.1, 0.15) is 29.3 Å². The number of carbonyl (C=O) groups is 1. The van der Waals surface area contributed by atoms with Gasteiger partial charge in [-0.05, 0) is 37.1 Å². The molecule has 3 heterocycles. The minimum atomic E-state index is -0.833. The van der Waals surface area contributed by atoms with E-state index >= 15 is 0 Å². The highest BCUT2D eigenvalue weighted by Gasteiger charge is 2.16. The molecule has 0 saturated carbocycles. The molecular weight excluding hydrogens is 368 g/mol. The number of fused-ring (bicyclic) bond motifs is 1. The van der Waals surface area contributed by atoms with Crippen LogP contribution in [0.5, 0.6) is 5.88 Å². The molecule has 0 aliphatic rings. The first-order valence-electron chi connectivity index (χ1n) is 9.09. The van der Waals surface area contributed by atoms with Gasteiger partial charge in [-0.15, -0.1) is 0 Å². The fourth-order valence-electron chi connectivity index (χ4n) is 3.03. The normalized spacial score (nSPS) is 10.4. The first-order chi connectivity index (χ1) is 13.9. The molecule has 0 unspecified atom stereocenters. The number of carboxylic acid groups (broad SMARTS) is 1. The van der Waals surface area contributed by atoms with Crippen molar-refractivity contribution in [3.05, 3.63) is 77.2 Å². The zero-order valence-electron chi connectivity index (χ0n) is 16.5. The second-order valence-corrected chi connectivity index (χ2v) is 6.66. The molecule has 0 saturated heterocycles. The van der Waals surface area contributed by atoms with Gasteiger partial charge in [0.1, 0.15) is 0 Å². The van der Waals surface area contributed by atoms with Crippen LogP contribution in [0.4, 0.5) is 0 Å². The van der Waals surface area contributed by atoms with Crippen molar-refractivity contribution >= 4 is 11.6 Å². The van der Waals surface area contributed by atoms with Crippen molar-refractivity contribution in [2.45, 2.75) is 27.2 Å². The molecular formula is C22H22N4O3. The Labute approximate surface area is 168 Å². The van der Waals surface area contributed by atoms with Crippen LogP contribution < -0.4 is 0 Å². The number of aliphatic carboxylic acids is 1. The molecule has 29 heavy (non-hydrogen) atoms. The van der Waals surface area contributed by atoms with Crippen LogP contribution in [0.3, 0.4) is 0 Å². The largest absolute Gasteiger partial charge is 0.493 e. The first-order valence-corrected chi connectivity index (χ1v) is 9.09. The van der Waals surface area contributed by atoms with Crippen molar-refractivity contribution in [2.24, 2.45) is 0 Å². The summed E-state index contributed by atoms with van der Waals surface area (Å²) >= 11 is 0. The van der Waals surface area contributed by atoms with Gasteiger partial charge in [-0.2, -0.15) is 9.61 Å². The molecule has 0 bridgehead atoms. The van der Waals surface area contributed by atoms with Crippen LogP contribution in [0.2, 0.25) is 0 Å². The Balaban J connectivity index is 0.000000552. The van der Waals surface area contributed by atoms with Gasteiger partial charge in [0.05, 0.1) is 11.4 Å². The molecule has 0 radical (unpaired) electrons. The highest BCUT2D eigenvalue weighted by Crippen LogP contribution is 2.27. The maximum Gasteiger partial charge on any atom is 0.300 e. The zero-order chi connectivity index (χ0) is 21.0. The van der Waals surface area contributed by atoms with Gasteiger partial charge in [-0.25, -0.2) is 4.98 Å². The molecule has 7 nitrogen and oxygen atoms in total. The minimum absolute atomic E-state index is 0.0796. The minimum Gasteiger partial charge on any atom is -0.493 e. The van der Waals surface area contributed by atoms with Crippen LogP contribution in [-0.2, 0) is 11.2 Å². The van der Waals surface area contributed by atoms with E-state index in [1.165, 1.54) is 15.6 Å². The average molecular weight is 390 g/mol. The van der Waals surface area contributed by atoms with Gasteiger partial charge >= 0.3 is 0 Å². The van der Waals surface area contributed by atoms with E-state index in [2.05, 4.69) is 29.1 Å². The lowest BCUT2D eigenvalue weighted by Crippen LogP contribution is -1.97. The van der Waals surface area contributed by atoms with Crippen molar-refractivity contribution in [2.75, 3.05) is 0 Å². The summed E-state index contributed by atoms with van der Waals surface area (Å²) < 4.78 is 1.51. The number of rotatable bonds is 3. The molecule has 7 heteroatoms. The topological polar surface area (TPSA) is 101 Å². The van der Waals surface area contributed by atoms with Crippen molar-refractivity contribution in [3.63, 3.8) is 0 Å². The number of hydrogen-bond acceptors (Lipinski definition) is 5. The van der Waals surface area contributed by atoms with E-state index in [9.17, 15) is 5.11 Å². The lowest BCUT2D eigenvalue weighted by Gasteiger charge is -2.07. The molecule has 4 rings (SSSR count). The molecule has 0 amide bonds. The highest BCUT2D eigenvalue weighted by atomic mass is 16.4. The van der Waals surface area contributed by atoms with Crippen LogP contribution in [0.25, 0.3) is 16.9 Å². The van der Waals surface area contributed by atoms with Crippen LogP contribution in [0.15, 0.2) is 54.9 Å². The predicted octanol–water partition coefficient (Wildman–Crippen LogP) is 3.80. The Hall–Kier alpha value is -3.74. The van der Waals surface area contributed by atoms with E-state index in [-0.39, 0.29) is 5.88 Å². The number of benzene rings is 1. The van der Waals surface area contributed by atoms with Gasteiger partial charge in [-0.1, -0.05) is 24.3 Å². The fourth-order valence-corrected chi connectivity index (χ4v) is 3.03. The van der Waals surface area contributed by atoms with Crippen molar-refractivity contribution in [1.82, 2.24) is 19.6 Å². The molecule has 0 spiro atoms. The molecule has 1 aromatic carbocycles. The van der Waals surface area contributed by atoms with Gasteiger partial charge < -0.3 is 10.2 Å². The highest BCUT2D eigenvalue weighted by molar-refractivity contribution is 5.65. The van der Waals surface area contributed by atoms with Gasteiger partial charge in [0.15, 0.2) is 5.65 Å². The summed E-state index contributed by atoms with van der Waals surface area (Å²) in [6.07, 6.45) is 4.16. The van der Waals surface area contributed by atoms with Gasteiger partial charge in [0.25, 0.3) is 5.97 Å². The van der Waals surface area contributed by atoms with Gasteiger partial charge in [-0.3, -0.25) is 9.78 Å². The predicted molar refractivity (Wildman–Crippen MR) is 110 cm³/mol. The molecule has 148 valence electrons. The summed E-state index contributed by atoms with van der Waals surface area (Å²) in [5, 5.41) is 22.3.